The quantitative estimate of drug-likeness (QED) is 0.537. The Balaban J connectivity index is 1.90. The molecular weight excluding hydrogens is 483 g/mol. The molecule has 1 fully saturated rings. The van der Waals surface area contributed by atoms with Crippen LogP contribution in [0.25, 0.3) is 22.7 Å². The molecule has 1 aliphatic rings. The van der Waals surface area contributed by atoms with Crippen molar-refractivity contribution in [2.75, 3.05) is 30.5 Å². The highest BCUT2D eigenvalue weighted by atomic mass is 32.2. The highest BCUT2D eigenvalue weighted by molar-refractivity contribution is 7.93. The molecule has 9 nitrogen and oxygen atoms in total. The lowest BCUT2D eigenvalue weighted by atomic mass is 10.2. The Morgan fingerprint density at radius 3 is 2.52 bits per heavy atom. The smallest absolute Gasteiger partial charge is 0.379 e. The molecule has 4 rings (SSSR count). The normalized spacial score (nSPS) is 16.8. The molecule has 1 saturated heterocycles. The predicted octanol–water partition coefficient (Wildman–Crippen LogP) is 2.97. The number of hydrogen-bond donors (Lipinski definition) is 0. The van der Waals surface area contributed by atoms with Crippen LogP contribution in [0.3, 0.4) is 0 Å². The van der Waals surface area contributed by atoms with Gasteiger partial charge in [0.25, 0.3) is 0 Å². The van der Waals surface area contributed by atoms with Crippen molar-refractivity contribution in [3.8, 4) is 11.5 Å². The zero-order valence-corrected chi connectivity index (χ0v) is 19.3. The van der Waals surface area contributed by atoms with Crippen LogP contribution in [0.2, 0.25) is 0 Å². The standard InChI is InChI=1S/C19H20F3N5O4S2/c1-3-33(29,30)15-9-13(26-32(28)6-4-31-5-7-32)11-23-16(15)18-25-14-8-12(19(20,21)22)10-24-17(14)27(18)2/h8-11H,3-7H2,1-2H3. The van der Waals surface area contributed by atoms with Gasteiger partial charge < -0.3 is 9.30 Å². The summed E-state index contributed by atoms with van der Waals surface area (Å²) in [6, 6.07) is 2.12. The molecule has 0 aliphatic carbocycles. The maximum Gasteiger partial charge on any atom is 0.417 e. The largest absolute Gasteiger partial charge is 0.417 e. The monoisotopic (exact) mass is 503 g/mol. The summed E-state index contributed by atoms with van der Waals surface area (Å²) in [4.78, 5) is 12.1. The number of aromatic nitrogens is 4. The molecule has 0 atom stereocenters. The molecule has 0 amide bonds. The minimum Gasteiger partial charge on any atom is -0.379 e. The van der Waals surface area contributed by atoms with Gasteiger partial charge in [-0.2, -0.15) is 17.5 Å². The van der Waals surface area contributed by atoms with Gasteiger partial charge in [0.05, 0.1) is 62.5 Å². The van der Waals surface area contributed by atoms with Crippen molar-refractivity contribution in [2.45, 2.75) is 18.0 Å². The second kappa shape index (κ2) is 8.33. The second-order valence-corrected chi connectivity index (χ2v) is 12.2. The molecule has 3 aromatic rings. The Labute approximate surface area is 188 Å². The third kappa shape index (κ3) is 4.59. The van der Waals surface area contributed by atoms with E-state index in [0.717, 1.165) is 6.07 Å². The second-order valence-electron chi connectivity index (χ2n) is 7.39. The number of rotatable bonds is 4. The van der Waals surface area contributed by atoms with E-state index in [2.05, 4.69) is 19.3 Å². The summed E-state index contributed by atoms with van der Waals surface area (Å²) in [7, 11) is -4.94. The van der Waals surface area contributed by atoms with Crippen LogP contribution in [0.15, 0.2) is 33.8 Å². The van der Waals surface area contributed by atoms with Crippen LogP contribution in [0.5, 0.6) is 0 Å². The maximum absolute atomic E-state index is 13.1. The Hall–Kier alpha value is -2.58. The summed E-state index contributed by atoms with van der Waals surface area (Å²) < 4.78 is 88.7. The summed E-state index contributed by atoms with van der Waals surface area (Å²) >= 11 is 0. The fourth-order valence-electron chi connectivity index (χ4n) is 3.35. The number of sulfone groups is 1. The van der Waals surface area contributed by atoms with E-state index in [1.165, 1.54) is 30.8 Å². The summed E-state index contributed by atoms with van der Waals surface area (Å²) in [5.41, 5.74) is -0.800. The number of fused-ring (bicyclic) bond motifs is 1. The number of alkyl halides is 3. The van der Waals surface area contributed by atoms with Gasteiger partial charge in [0, 0.05) is 13.2 Å². The number of imidazole rings is 1. The molecule has 0 radical (unpaired) electrons. The van der Waals surface area contributed by atoms with Crippen LogP contribution in [0.1, 0.15) is 12.5 Å². The Kier molecular flexibility index (Phi) is 5.95. The molecule has 0 bridgehead atoms. The van der Waals surface area contributed by atoms with Crippen LogP contribution in [0.4, 0.5) is 18.9 Å². The number of halogens is 3. The molecule has 0 aromatic carbocycles. The van der Waals surface area contributed by atoms with Gasteiger partial charge in [0.1, 0.15) is 11.2 Å². The molecule has 33 heavy (non-hydrogen) atoms. The van der Waals surface area contributed by atoms with E-state index in [9.17, 15) is 25.8 Å². The molecule has 1 aliphatic heterocycles. The first-order valence-corrected chi connectivity index (χ1v) is 13.4. The molecule has 0 saturated carbocycles. The van der Waals surface area contributed by atoms with Crippen molar-refractivity contribution < 1.29 is 30.5 Å². The SMILES string of the molecule is CCS(=O)(=O)c1cc(N=S2(=O)CCOCC2)cnc1-c1nc2cc(C(F)(F)F)cnc2n1C. The Morgan fingerprint density at radius 1 is 1.18 bits per heavy atom. The lowest BCUT2D eigenvalue weighted by Gasteiger charge is -2.16. The van der Waals surface area contributed by atoms with Gasteiger partial charge in [0.15, 0.2) is 21.3 Å². The fraction of sp³-hybridized carbons (Fsp3) is 0.421. The van der Waals surface area contributed by atoms with Crippen molar-refractivity contribution >= 4 is 36.4 Å². The number of aryl methyl sites for hydroxylation is 1. The molecule has 178 valence electrons. The first-order valence-electron chi connectivity index (χ1n) is 9.87. The van der Waals surface area contributed by atoms with Crippen molar-refractivity contribution in [1.82, 2.24) is 19.5 Å². The van der Waals surface area contributed by atoms with Gasteiger partial charge in [-0.25, -0.2) is 27.6 Å². The van der Waals surface area contributed by atoms with Crippen LogP contribution in [0, 0.1) is 0 Å². The highest BCUT2D eigenvalue weighted by Gasteiger charge is 2.32. The van der Waals surface area contributed by atoms with Gasteiger partial charge in [0.2, 0.25) is 0 Å². The first-order chi connectivity index (χ1) is 15.4. The fourth-order valence-corrected chi connectivity index (χ4v) is 6.03. The van der Waals surface area contributed by atoms with Crippen LogP contribution in [-0.2, 0) is 37.5 Å². The number of nitrogens with zero attached hydrogens (tertiary/aromatic N) is 5. The van der Waals surface area contributed by atoms with Crippen LogP contribution in [-0.4, -0.2) is 62.6 Å². The summed E-state index contributed by atoms with van der Waals surface area (Å²) in [5, 5.41) is 0. The third-order valence-electron chi connectivity index (χ3n) is 5.17. The highest BCUT2D eigenvalue weighted by Crippen LogP contribution is 2.34. The van der Waals surface area contributed by atoms with E-state index < -0.39 is 31.3 Å². The van der Waals surface area contributed by atoms with E-state index in [1.54, 1.807) is 0 Å². The lowest BCUT2D eigenvalue weighted by Crippen LogP contribution is -2.25. The number of hydrogen-bond acceptors (Lipinski definition) is 8. The third-order valence-corrected chi connectivity index (χ3v) is 9.06. The average molecular weight is 504 g/mol. The van der Waals surface area contributed by atoms with Crippen molar-refractivity contribution in [3.05, 3.63) is 30.1 Å². The van der Waals surface area contributed by atoms with E-state index >= 15 is 0 Å². The van der Waals surface area contributed by atoms with Crippen LogP contribution < -0.4 is 0 Å². The zero-order valence-electron chi connectivity index (χ0n) is 17.7. The molecule has 14 heteroatoms. The first kappa shape index (κ1) is 23.6. The summed E-state index contributed by atoms with van der Waals surface area (Å²) in [6.45, 7) is 2.04. The molecular formula is C19H20F3N5O4S2. The van der Waals surface area contributed by atoms with Crippen molar-refractivity contribution in [3.63, 3.8) is 0 Å². The van der Waals surface area contributed by atoms with E-state index in [4.69, 9.17) is 4.74 Å². The number of ether oxygens (including phenoxy) is 1. The lowest BCUT2D eigenvalue weighted by molar-refractivity contribution is -0.137. The van der Waals surface area contributed by atoms with Gasteiger partial charge >= 0.3 is 6.18 Å². The summed E-state index contributed by atoms with van der Waals surface area (Å²) in [6.07, 6.45) is -2.63. The van der Waals surface area contributed by atoms with Crippen LogP contribution >= 0.6 is 0 Å². The van der Waals surface area contributed by atoms with E-state index in [0.29, 0.717) is 19.4 Å². The minimum atomic E-state index is -4.60. The molecule has 3 aromatic heterocycles. The van der Waals surface area contributed by atoms with Gasteiger partial charge in [-0.3, -0.25) is 0 Å². The van der Waals surface area contributed by atoms with Gasteiger partial charge in [-0.05, 0) is 12.1 Å². The molecule has 0 spiro atoms. The average Bonchev–Trinajstić information content (AvgIpc) is 3.09. The van der Waals surface area contributed by atoms with Gasteiger partial charge in [-0.15, -0.1) is 0 Å². The Bertz CT molecular complexity index is 1450. The Morgan fingerprint density at radius 2 is 1.88 bits per heavy atom. The maximum atomic E-state index is 13.1. The van der Waals surface area contributed by atoms with Crippen molar-refractivity contribution in [1.29, 1.82) is 0 Å². The zero-order chi connectivity index (χ0) is 24.0. The van der Waals surface area contributed by atoms with E-state index in [1.807, 2.05) is 0 Å². The van der Waals surface area contributed by atoms with Crippen molar-refractivity contribution in [2.24, 2.45) is 11.4 Å². The summed E-state index contributed by atoms with van der Waals surface area (Å²) in [5.74, 6) is 0.227. The minimum absolute atomic E-state index is 0.0330. The molecule has 0 unspecified atom stereocenters. The predicted molar refractivity (Wildman–Crippen MR) is 115 cm³/mol. The van der Waals surface area contributed by atoms with E-state index in [-0.39, 0.29) is 50.5 Å². The molecule has 0 N–H and O–H groups in total. The number of pyridine rings is 2. The molecule has 4 heterocycles. The topological polar surface area (TPSA) is 116 Å². The van der Waals surface area contributed by atoms with Gasteiger partial charge in [-0.1, -0.05) is 6.92 Å².